The van der Waals surface area contributed by atoms with E-state index in [1.807, 2.05) is 72.8 Å². The number of rotatable bonds is 9. The fraction of sp³-hybridized carbons (Fsp3) is 0.100. The number of carbonyl (C=O) groups is 2. The molecule has 0 aliphatic carbocycles. The number of nitrogens with two attached hydrogens (primary N) is 2. The molecule has 5 rings (SSSR count). The number of anilines is 1. The molecule has 3 aromatic carbocycles. The Kier molecular flexibility index (Phi) is 7.15. The van der Waals surface area contributed by atoms with Gasteiger partial charge in [-0.2, -0.15) is 0 Å². The summed E-state index contributed by atoms with van der Waals surface area (Å²) in [5, 5.41) is 4.03. The summed E-state index contributed by atoms with van der Waals surface area (Å²) < 4.78 is 0. The Hall–Kier alpha value is -4.95. The van der Waals surface area contributed by atoms with E-state index < -0.39 is 5.91 Å². The standard InChI is InChI=1S/C30H26N6O2/c31-25-9-5-4-8-23(25)26(37)14-15-33-17-19-10-12-21(13-11-19)27-24(20-6-2-1-3-7-20)16-22-18-34-30(28(32)38)36-29(22)35-27/h1-13,16,18,33H,14-15,17,31H2,(H2,32,38). The summed E-state index contributed by atoms with van der Waals surface area (Å²) in [6.07, 6.45) is 1.93. The van der Waals surface area contributed by atoms with E-state index in [-0.39, 0.29) is 11.6 Å². The average molecular weight is 503 g/mol. The molecule has 0 radical (unpaired) electrons. The number of benzene rings is 3. The Morgan fingerprint density at radius 3 is 2.32 bits per heavy atom. The van der Waals surface area contributed by atoms with Gasteiger partial charge in [-0.25, -0.2) is 15.0 Å². The first kappa shape index (κ1) is 24.7. The number of nitrogens with one attached hydrogen (secondary N) is 1. The predicted molar refractivity (Wildman–Crippen MR) is 148 cm³/mol. The first-order valence-electron chi connectivity index (χ1n) is 12.2. The highest BCUT2D eigenvalue weighted by Gasteiger charge is 2.14. The number of nitrogen functional groups attached to an aromatic ring is 1. The van der Waals surface area contributed by atoms with Crippen molar-refractivity contribution in [3.8, 4) is 22.4 Å². The largest absolute Gasteiger partial charge is 0.398 e. The van der Waals surface area contributed by atoms with Gasteiger partial charge in [-0.05, 0) is 29.3 Å². The van der Waals surface area contributed by atoms with Gasteiger partial charge >= 0.3 is 0 Å². The quantitative estimate of drug-likeness (QED) is 0.154. The topological polar surface area (TPSA) is 137 Å². The normalized spacial score (nSPS) is 10.9. The molecule has 188 valence electrons. The van der Waals surface area contributed by atoms with Gasteiger partial charge in [-0.3, -0.25) is 9.59 Å². The third-order valence-corrected chi connectivity index (χ3v) is 6.22. The molecular weight excluding hydrogens is 476 g/mol. The van der Waals surface area contributed by atoms with E-state index in [0.29, 0.717) is 41.8 Å². The number of ketones is 1. The lowest BCUT2D eigenvalue weighted by molar-refractivity contribution is 0.0978. The highest BCUT2D eigenvalue weighted by atomic mass is 16.1. The maximum atomic E-state index is 12.4. The first-order valence-corrected chi connectivity index (χ1v) is 12.2. The van der Waals surface area contributed by atoms with Gasteiger partial charge in [0.25, 0.3) is 5.91 Å². The van der Waals surface area contributed by atoms with Crippen molar-refractivity contribution in [2.45, 2.75) is 13.0 Å². The number of Topliss-reactive ketones (excluding diaryl/α,β-unsaturated/α-hetero) is 1. The number of amides is 1. The molecule has 5 aromatic rings. The molecule has 0 aliphatic rings. The van der Waals surface area contributed by atoms with Crippen molar-refractivity contribution >= 4 is 28.4 Å². The summed E-state index contributed by atoms with van der Waals surface area (Å²) in [4.78, 5) is 37.1. The molecule has 0 atom stereocenters. The zero-order valence-electron chi connectivity index (χ0n) is 20.6. The van der Waals surface area contributed by atoms with E-state index in [1.165, 1.54) is 0 Å². The molecule has 2 aromatic heterocycles. The van der Waals surface area contributed by atoms with Crippen LogP contribution in [0.5, 0.6) is 0 Å². The second-order valence-electron chi connectivity index (χ2n) is 8.86. The van der Waals surface area contributed by atoms with Crippen LogP contribution in [-0.2, 0) is 6.54 Å². The number of pyridine rings is 1. The third kappa shape index (κ3) is 5.40. The zero-order valence-corrected chi connectivity index (χ0v) is 20.6. The van der Waals surface area contributed by atoms with Crippen molar-refractivity contribution in [2.75, 3.05) is 12.3 Å². The third-order valence-electron chi connectivity index (χ3n) is 6.22. The van der Waals surface area contributed by atoms with Crippen LogP contribution >= 0.6 is 0 Å². The molecule has 0 unspecified atom stereocenters. The summed E-state index contributed by atoms with van der Waals surface area (Å²) >= 11 is 0. The minimum absolute atomic E-state index is 0.0186. The Bertz CT molecular complexity index is 1620. The van der Waals surface area contributed by atoms with Crippen molar-refractivity contribution in [2.24, 2.45) is 5.73 Å². The van der Waals surface area contributed by atoms with Crippen LogP contribution in [0.25, 0.3) is 33.4 Å². The molecule has 0 aliphatic heterocycles. The van der Waals surface area contributed by atoms with E-state index in [0.717, 1.165) is 27.9 Å². The van der Waals surface area contributed by atoms with Gasteiger partial charge in [-0.15, -0.1) is 0 Å². The van der Waals surface area contributed by atoms with Gasteiger partial charge < -0.3 is 16.8 Å². The molecule has 0 saturated carbocycles. The van der Waals surface area contributed by atoms with Crippen LogP contribution in [0, 0.1) is 0 Å². The average Bonchev–Trinajstić information content (AvgIpc) is 2.95. The molecule has 5 N–H and O–H groups in total. The van der Waals surface area contributed by atoms with Crippen molar-refractivity contribution in [1.82, 2.24) is 20.3 Å². The first-order chi connectivity index (χ1) is 18.5. The fourth-order valence-electron chi connectivity index (χ4n) is 4.24. The van der Waals surface area contributed by atoms with Crippen molar-refractivity contribution in [1.29, 1.82) is 0 Å². The predicted octanol–water partition coefficient (Wildman–Crippen LogP) is 4.40. The highest BCUT2D eigenvalue weighted by Crippen LogP contribution is 2.33. The highest BCUT2D eigenvalue weighted by molar-refractivity contribution is 6.00. The fourth-order valence-corrected chi connectivity index (χ4v) is 4.24. The summed E-state index contributed by atoms with van der Waals surface area (Å²) in [7, 11) is 0. The van der Waals surface area contributed by atoms with Gasteiger partial charge in [0.1, 0.15) is 0 Å². The number of aromatic nitrogens is 3. The summed E-state index contributed by atoms with van der Waals surface area (Å²) in [5.41, 5.74) is 17.4. The molecule has 38 heavy (non-hydrogen) atoms. The van der Waals surface area contributed by atoms with Crippen LogP contribution < -0.4 is 16.8 Å². The van der Waals surface area contributed by atoms with Crippen molar-refractivity contribution in [3.05, 3.63) is 108 Å². The molecule has 0 bridgehead atoms. The number of nitrogens with zero attached hydrogens (tertiary/aromatic N) is 3. The van der Waals surface area contributed by atoms with Crippen LogP contribution in [0.3, 0.4) is 0 Å². The number of primary amides is 1. The molecule has 0 spiro atoms. The Balaban J connectivity index is 1.35. The molecular formula is C30H26N6O2. The van der Waals surface area contributed by atoms with Crippen LogP contribution in [0.1, 0.15) is 33.0 Å². The van der Waals surface area contributed by atoms with Gasteiger partial charge in [-0.1, -0.05) is 66.7 Å². The number of hydrogen-bond donors (Lipinski definition) is 3. The SMILES string of the molecule is NC(=O)c1ncc2cc(-c3ccccc3)c(-c3ccc(CNCCC(=O)c4ccccc4N)cc3)nc2n1. The molecule has 8 nitrogen and oxygen atoms in total. The summed E-state index contributed by atoms with van der Waals surface area (Å²) in [5.74, 6) is -0.753. The molecule has 8 heteroatoms. The Morgan fingerprint density at radius 1 is 0.842 bits per heavy atom. The minimum atomic E-state index is -0.701. The minimum Gasteiger partial charge on any atom is -0.398 e. The van der Waals surface area contributed by atoms with E-state index in [2.05, 4.69) is 15.3 Å². The monoisotopic (exact) mass is 502 g/mol. The van der Waals surface area contributed by atoms with Crippen LogP contribution in [0.2, 0.25) is 0 Å². The van der Waals surface area contributed by atoms with Gasteiger partial charge in [0.05, 0.1) is 5.69 Å². The molecule has 1 amide bonds. The lowest BCUT2D eigenvalue weighted by atomic mass is 9.97. The lowest BCUT2D eigenvalue weighted by Crippen LogP contribution is -2.18. The smallest absolute Gasteiger partial charge is 0.286 e. The van der Waals surface area contributed by atoms with Crippen LogP contribution in [0.15, 0.2) is 91.1 Å². The lowest BCUT2D eigenvalue weighted by Gasteiger charge is -2.12. The molecule has 0 saturated heterocycles. The zero-order chi connectivity index (χ0) is 26.5. The molecule has 2 heterocycles. The van der Waals surface area contributed by atoms with Gasteiger partial charge in [0.15, 0.2) is 11.4 Å². The van der Waals surface area contributed by atoms with E-state index in [4.69, 9.17) is 16.5 Å². The number of carbonyl (C=O) groups excluding carboxylic acids is 2. The molecule has 0 fully saturated rings. The Labute approximate surface area is 219 Å². The Morgan fingerprint density at radius 2 is 1.58 bits per heavy atom. The summed E-state index contributed by atoms with van der Waals surface area (Å²) in [6, 6.07) is 27.1. The maximum absolute atomic E-state index is 12.4. The second-order valence-corrected chi connectivity index (χ2v) is 8.86. The number of fused-ring (bicyclic) bond motifs is 1. The summed E-state index contributed by atoms with van der Waals surface area (Å²) in [6.45, 7) is 1.16. The number of hydrogen-bond acceptors (Lipinski definition) is 7. The van der Waals surface area contributed by atoms with E-state index >= 15 is 0 Å². The van der Waals surface area contributed by atoms with Crippen molar-refractivity contribution in [3.63, 3.8) is 0 Å². The van der Waals surface area contributed by atoms with Crippen molar-refractivity contribution < 1.29 is 9.59 Å². The van der Waals surface area contributed by atoms with Crippen LogP contribution in [-0.4, -0.2) is 33.2 Å². The van der Waals surface area contributed by atoms with Gasteiger partial charge in [0, 0.05) is 53.5 Å². The van der Waals surface area contributed by atoms with Gasteiger partial charge in [0.2, 0.25) is 5.82 Å². The number of para-hydroxylation sites is 1. The van der Waals surface area contributed by atoms with E-state index in [9.17, 15) is 9.59 Å². The van der Waals surface area contributed by atoms with E-state index in [1.54, 1.807) is 18.3 Å². The second kappa shape index (κ2) is 11.0. The maximum Gasteiger partial charge on any atom is 0.286 e. The van der Waals surface area contributed by atoms with Crippen LogP contribution in [0.4, 0.5) is 5.69 Å².